The molecule has 0 radical (unpaired) electrons. The molecule has 2 aliphatic rings. The van der Waals surface area contributed by atoms with Crippen molar-refractivity contribution in [2.45, 2.75) is 26.7 Å². The average Bonchev–Trinajstić information content (AvgIpc) is 2.80. The maximum absolute atomic E-state index is 5.39. The van der Waals surface area contributed by atoms with Gasteiger partial charge in [0.25, 0.3) is 0 Å². The van der Waals surface area contributed by atoms with E-state index in [9.17, 15) is 0 Å². The van der Waals surface area contributed by atoms with Crippen LogP contribution in [0.1, 0.15) is 26.7 Å². The topological polar surface area (TPSA) is 59.6 Å². The number of hydrogen-bond acceptors (Lipinski definition) is 6. The summed E-state index contributed by atoms with van der Waals surface area (Å²) in [5.74, 6) is 3.21. The maximum Gasteiger partial charge on any atom is 0.232 e. The van der Waals surface area contributed by atoms with Crippen molar-refractivity contribution >= 4 is 40.6 Å². The first-order valence-corrected chi connectivity index (χ1v) is 11.8. The summed E-state index contributed by atoms with van der Waals surface area (Å²) in [7, 11) is 0. The minimum atomic E-state index is 0.562. The number of benzene rings is 1. The fourth-order valence-corrected chi connectivity index (χ4v) is 4.57. The zero-order chi connectivity index (χ0) is 21.6. The molecule has 4 rings (SSSR count). The molecule has 3 heterocycles. The fourth-order valence-electron chi connectivity index (χ4n) is 4.34. The van der Waals surface area contributed by atoms with Gasteiger partial charge in [0.1, 0.15) is 11.6 Å². The van der Waals surface area contributed by atoms with Crippen LogP contribution in [-0.4, -0.2) is 60.9 Å². The molecular weight excluding hydrogens is 406 g/mol. The molecule has 166 valence electrons. The average molecular weight is 440 g/mol. The van der Waals surface area contributed by atoms with Gasteiger partial charge in [-0.2, -0.15) is 9.97 Å². The predicted octanol–water partition coefficient (Wildman–Crippen LogP) is 3.35. The van der Waals surface area contributed by atoms with E-state index in [1.54, 1.807) is 0 Å². The minimum Gasteiger partial charge on any atom is -0.368 e. The maximum atomic E-state index is 5.39. The van der Waals surface area contributed by atoms with Crippen LogP contribution in [0.5, 0.6) is 0 Å². The number of para-hydroxylation sites is 1. The first kappa shape index (κ1) is 21.6. The summed E-state index contributed by atoms with van der Waals surface area (Å²) >= 11 is 5.39. The Morgan fingerprint density at radius 3 is 2.35 bits per heavy atom. The first-order chi connectivity index (χ1) is 15.1. The second-order valence-corrected chi connectivity index (χ2v) is 8.80. The van der Waals surface area contributed by atoms with E-state index in [2.05, 4.69) is 68.7 Å². The molecule has 0 bridgehead atoms. The van der Waals surface area contributed by atoms with Gasteiger partial charge in [-0.1, -0.05) is 25.1 Å². The van der Waals surface area contributed by atoms with Crippen molar-refractivity contribution in [2.24, 2.45) is 5.92 Å². The highest BCUT2D eigenvalue weighted by atomic mass is 32.1. The van der Waals surface area contributed by atoms with Crippen molar-refractivity contribution in [3.05, 3.63) is 36.4 Å². The Hall–Kier alpha value is -2.61. The Morgan fingerprint density at radius 2 is 1.68 bits per heavy atom. The summed E-state index contributed by atoms with van der Waals surface area (Å²) in [5, 5.41) is 6.87. The molecule has 31 heavy (non-hydrogen) atoms. The second-order valence-electron chi connectivity index (χ2n) is 8.40. The van der Waals surface area contributed by atoms with Crippen molar-refractivity contribution in [1.29, 1.82) is 0 Å². The van der Waals surface area contributed by atoms with Gasteiger partial charge in [-0.05, 0) is 50.0 Å². The molecule has 1 aromatic heterocycles. The van der Waals surface area contributed by atoms with Crippen LogP contribution in [0.2, 0.25) is 0 Å². The Labute approximate surface area is 190 Å². The van der Waals surface area contributed by atoms with Gasteiger partial charge < -0.3 is 25.3 Å². The zero-order valence-electron chi connectivity index (χ0n) is 18.5. The van der Waals surface area contributed by atoms with Crippen molar-refractivity contribution in [1.82, 2.24) is 15.3 Å². The number of anilines is 4. The summed E-state index contributed by atoms with van der Waals surface area (Å²) in [6.45, 7) is 11.0. The van der Waals surface area contributed by atoms with Crippen molar-refractivity contribution < 1.29 is 0 Å². The van der Waals surface area contributed by atoms with E-state index in [4.69, 9.17) is 22.2 Å². The number of piperidine rings is 1. The summed E-state index contributed by atoms with van der Waals surface area (Å²) in [5.41, 5.74) is 1.28. The minimum absolute atomic E-state index is 0.562. The van der Waals surface area contributed by atoms with E-state index in [-0.39, 0.29) is 0 Å². The van der Waals surface area contributed by atoms with Crippen LogP contribution in [0.15, 0.2) is 36.4 Å². The highest BCUT2D eigenvalue weighted by molar-refractivity contribution is 7.80. The number of piperazine rings is 1. The molecule has 2 saturated heterocycles. The third-order valence-corrected chi connectivity index (χ3v) is 6.21. The van der Waals surface area contributed by atoms with E-state index in [1.165, 1.54) is 18.5 Å². The molecule has 2 aromatic rings. The molecule has 1 aromatic carbocycles. The summed E-state index contributed by atoms with van der Waals surface area (Å²) in [6.07, 6.45) is 2.49. The molecule has 8 heteroatoms. The van der Waals surface area contributed by atoms with Gasteiger partial charge in [0, 0.05) is 57.6 Å². The Bertz CT molecular complexity index is 867. The van der Waals surface area contributed by atoms with Crippen LogP contribution in [-0.2, 0) is 0 Å². The van der Waals surface area contributed by atoms with Crippen LogP contribution >= 0.6 is 12.2 Å². The number of thiocarbonyl (C=S) groups is 1. The highest BCUT2D eigenvalue weighted by Gasteiger charge is 2.23. The third kappa shape index (κ3) is 5.55. The molecule has 2 N–H and O–H groups in total. The first-order valence-electron chi connectivity index (χ1n) is 11.4. The lowest BCUT2D eigenvalue weighted by Crippen LogP contribution is -2.47. The summed E-state index contributed by atoms with van der Waals surface area (Å²) in [6, 6.07) is 12.8. The lowest BCUT2D eigenvalue weighted by molar-refractivity contribution is 0.444. The largest absolute Gasteiger partial charge is 0.368 e. The number of aromatic nitrogens is 2. The van der Waals surface area contributed by atoms with Crippen molar-refractivity contribution in [2.75, 3.05) is 65.8 Å². The monoisotopic (exact) mass is 439 g/mol. The van der Waals surface area contributed by atoms with E-state index in [0.29, 0.717) is 17.0 Å². The third-order valence-electron chi connectivity index (χ3n) is 5.97. The number of hydrogen-bond donors (Lipinski definition) is 2. The van der Waals surface area contributed by atoms with E-state index < -0.39 is 0 Å². The molecular formula is C23H33N7S. The molecule has 0 spiro atoms. The normalized spacial score (nSPS) is 19.3. The van der Waals surface area contributed by atoms with Gasteiger partial charge >= 0.3 is 0 Å². The van der Waals surface area contributed by atoms with E-state index >= 15 is 0 Å². The zero-order valence-corrected chi connectivity index (χ0v) is 19.4. The lowest BCUT2D eigenvalue weighted by Gasteiger charge is -2.37. The van der Waals surface area contributed by atoms with Crippen LogP contribution in [0, 0.1) is 5.92 Å². The molecule has 1 atom stereocenters. The molecule has 0 amide bonds. The van der Waals surface area contributed by atoms with E-state index in [1.807, 2.05) is 6.92 Å². The quantitative estimate of drug-likeness (QED) is 0.688. The van der Waals surface area contributed by atoms with E-state index in [0.717, 1.165) is 57.4 Å². The molecule has 0 aliphatic carbocycles. The van der Waals surface area contributed by atoms with Gasteiger partial charge in [0.05, 0.1) is 0 Å². The summed E-state index contributed by atoms with van der Waals surface area (Å²) < 4.78 is 0. The van der Waals surface area contributed by atoms with Gasteiger partial charge in [0.2, 0.25) is 5.95 Å². The standard InChI is InChI=1S/C23H33N7S/c1-3-24-23(31)27-22-25-20(16-21(26-22)30-11-7-8-18(2)17-30)29-14-12-28(13-15-29)19-9-5-4-6-10-19/h4-6,9-10,16,18H,3,7-8,11-15,17H2,1-2H3,(H2,24,25,26,27,31). The Kier molecular flexibility index (Phi) is 7.06. The predicted molar refractivity (Wildman–Crippen MR) is 133 cm³/mol. The Morgan fingerprint density at radius 1 is 1.00 bits per heavy atom. The Balaban J connectivity index is 1.53. The smallest absolute Gasteiger partial charge is 0.232 e. The van der Waals surface area contributed by atoms with Crippen LogP contribution < -0.4 is 25.3 Å². The van der Waals surface area contributed by atoms with Crippen LogP contribution in [0.4, 0.5) is 23.3 Å². The highest BCUT2D eigenvalue weighted by Crippen LogP contribution is 2.27. The molecule has 2 fully saturated rings. The number of nitrogens with zero attached hydrogens (tertiary/aromatic N) is 5. The van der Waals surface area contributed by atoms with Gasteiger partial charge in [-0.15, -0.1) is 0 Å². The molecule has 1 unspecified atom stereocenters. The fraction of sp³-hybridized carbons (Fsp3) is 0.522. The number of nitrogens with one attached hydrogen (secondary N) is 2. The molecule has 0 saturated carbocycles. The van der Waals surface area contributed by atoms with Crippen molar-refractivity contribution in [3.8, 4) is 0 Å². The summed E-state index contributed by atoms with van der Waals surface area (Å²) in [4.78, 5) is 16.8. The second kappa shape index (κ2) is 10.1. The van der Waals surface area contributed by atoms with Gasteiger partial charge in [0.15, 0.2) is 5.11 Å². The van der Waals surface area contributed by atoms with Crippen molar-refractivity contribution in [3.63, 3.8) is 0 Å². The molecule has 2 aliphatic heterocycles. The van der Waals surface area contributed by atoms with Crippen LogP contribution in [0.25, 0.3) is 0 Å². The van der Waals surface area contributed by atoms with Gasteiger partial charge in [-0.3, -0.25) is 0 Å². The SMILES string of the molecule is CCNC(=S)Nc1nc(N2CCN(c3ccccc3)CC2)cc(N2CCCC(C)C2)n1. The number of rotatable bonds is 5. The molecule has 7 nitrogen and oxygen atoms in total. The van der Waals surface area contributed by atoms with Gasteiger partial charge in [-0.25, -0.2) is 0 Å². The lowest BCUT2D eigenvalue weighted by atomic mass is 10.0. The van der Waals surface area contributed by atoms with Crippen LogP contribution in [0.3, 0.4) is 0 Å².